The summed E-state index contributed by atoms with van der Waals surface area (Å²) < 4.78 is 18.2. The van der Waals surface area contributed by atoms with Crippen molar-refractivity contribution in [2.45, 2.75) is 25.3 Å². The molecule has 0 radical (unpaired) electrons. The summed E-state index contributed by atoms with van der Waals surface area (Å²) in [5.41, 5.74) is -0.517. The number of carbonyl (C=O) groups excluding carboxylic acids is 1. The van der Waals surface area contributed by atoms with Crippen molar-refractivity contribution in [1.29, 1.82) is 0 Å². The number of esters is 1. The molecular weight excluding hydrogens is 323 g/mol. The zero-order valence-corrected chi connectivity index (χ0v) is 13.5. The Hall–Kier alpha value is -2.28. The number of hydrogen-bond donors (Lipinski definition) is 1. The molecule has 122 valence electrons. The van der Waals surface area contributed by atoms with E-state index in [0.29, 0.717) is 18.4 Å². The van der Waals surface area contributed by atoms with Crippen LogP contribution in [0.4, 0.5) is 10.2 Å². The molecule has 6 nitrogen and oxygen atoms in total. The fourth-order valence-electron chi connectivity index (χ4n) is 2.15. The van der Waals surface area contributed by atoms with Crippen molar-refractivity contribution in [3.8, 4) is 0 Å². The van der Waals surface area contributed by atoms with Gasteiger partial charge in [0.15, 0.2) is 5.82 Å². The van der Waals surface area contributed by atoms with E-state index in [1.54, 1.807) is 13.0 Å². The molecule has 0 aliphatic rings. The molecule has 0 aliphatic carbocycles. The van der Waals surface area contributed by atoms with Crippen molar-refractivity contribution < 1.29 is 13.9 Å². The summed E-state index contributed by atoms with van der Waals surface area (Å²) in [5.74, 6) is -0.776. The van der Waals surface area contributed by atoms with Gasteiger partial charge >= 0.3 is 5.97 Å². The first-order valence-corrected chi connectivity index (χ1v) is 7.23. The zero-order valence-electron chi connectivity index (χ0n) is 12.8. The minimum absolute atomic E-state index is 0.0802. The number of nitrogens with zero attached hydrogens (tertiary/aromatic N) is 3. The van der Waals surface area contributed by atoms with Crippen LogP contribution in [0.3, 0.4) is 0 Å². The van der Waals surface area contributed by atoms with E-state index in [1.165, 1.54) is 13.2 Å². The van der Waals surface area contributed by atoms with Gasteiger partial charge in [-0.3, -0.25) is 0 Å². The molecule has 2 aromatic rings. The fourth-order valence-corrected chi connectivity index (χ4v) is 2.32. The van der Waals surface area contributed by atoms with Crippen LogP contribution in [-0.2, 0) is 9.53 Å². The maximum atomic E-state index is 13.3. The van der Waals surface area contributed by atoms with Crippen LogP contribution in [0.2, 0.25) is 5.28 Å². The van der Waals surface area contributed by atoms with Gasteiger partial charge in [-0.05, 0) is 31.4 Å². The average Bonchev–Trinajstić information content (AvgIpc) is 2.51. The number of anilines is 1. The lowest BCUT2D eigenvalue weighted by molar-refractivity contribution is -0.145. The normalized spacial score (nSPS) is 13.4. The molecule has 8 heteroatoms. The SMILES string of the molecule is C=CCCC(C)(Nc1nc(Cl)nc2cc(F)cnc12)C(=O)OC. The van der Waals surface area contributed by atoms with Gasteiger partial charge in [-0.1, -0.05) is 6.08 Å². The van der Waals surface area contributed by atoms with Crippen molar-refractivity contribution in [3.63, 3.8) is 0 Å². The Balaban J connectivity index is 2.49. The van der Waals surface area contributed by atoms with Crippen LogP contribution in [0.15, 0.2) is 24.9 Å². The minimum atomic E-state index is -1.07. The second kappa shape index (κ2) is 6.87. The number of halogens is 2. The standard InChI is InChI=1S/C15H16ClFN4O2/c1-4-5-6-15(2,13(22)23-3)21-12-11-10(19-14(16)20-12)7-9(17)8-18-11/h4,7-8H,1,5-6H2,2-3H3,(H,19,20,21). The third-order valence-electron chi connectivity index (χ3n) is 3.35. The molecular formula is C15H16ClFN4O2. The average molecular weight is 339 g/mol. The van der Waals surface area contributed by atoms with E-state index in [9.17, 15) is 9.18 Å². The molecule has 0 saturated carbocycles. The first-order chi connectivity index (χ1) is 10.9. The highest BCUT2D eigenvalue weighted by Crippen LogP contribution is 2.26. The van der Waals surface area contributed by atoms with Gasteiger partial charge in [0.05, 0.1) is 18.8 Å². The molecule has 1 N–H and O–H groups in total. The van der Waals surface area contributed by atoms with Crippen LogP contribution in [0.1, 0.15) is 19.8 Å². The number of rotatable bonds is 6. The molecule has 0 fully saturated rings. The second-order valence-electron chi connectivity index (χ2n) is 5.14. The van der Waals surface area contributed by atoms with Crippen LogP contribution in [0.25, 0.3) is 11.0 Å². The molecule has 0 bridgehead atoms. The van der Waals surface area contributed by atoms with Crippen LogP contribution < -0.4 is 5.32 Å². The predicted octanol–water partition coefficient (Wildman–Crippen LogP) is 3.13. The van der Waals surface area contributed by atoms with E-state index in [4.69, 9.17) is 16.3 Å². The lowest BCUT2D eigenvalue weighted by Crippen LogP contribution is -2.44. The lowest BCUT2D eigenvalue weighted by Gasteiger charge is -2.28. The monoisotopic (exact) mass is 338 g/mol. The number of hydrogen-bond acceptors (Lipinski definition) is 6. The van der Waals surface area contributed by atoms with E-state index >= 15 is 0 Å². The van der Waals surface area contributed by atoms with Gasteiger partial charge in [0.1, 0.15) is 16.9 Å². The van der Waals surface area contributed by atoms with Gasteiger partial charge in [0.25, 0.3) is 0 Å². The lowest BCUT2D eigenvalue weighted by atomic mass is 9.95. The number of allylic oxidation sites excluding steroid dienone is 1. The summed E-state index contributed by atoms with van der Waals surface area (Å²) in [5, 5.41) is 2.92. The topological polar surface area (TPSA) is 77.0 Å². The van der Waals surface area contributed by atoms with Crippen LogP contribution in [-0.4, -0.2) is 33.6 Å². The van der Waals surface area contributed by atoms with Crippen LogP contribution in [0.5, 0.6) is 0 Å². The zero-order chi connectivity index (χ0) is 17.0. The molecule has 0 aromatic carbocycles. The Labute approximate surface area is 137 Å². The number of ether oxygens (including phenoxy) is 1. The maximum Gasteiger partial charge on any atom is 0.331 e. The summed E-state index contributed by atoms with van der Waals surface area (Å²) in [4.78, 5) is 24.1. The Morgan fingerprint density at radius 3 is 2.96 bits per heavy atom. The molecule has 1 unspecified atom stereocenters. The third kappa shape index (κ3) is 3.73. The van der Waals surface area contributed by atoms with Crippen molar-refractivity contribution in [2.24, 2.45) is 0 Å². The second-order valence-corrected chi connectivity index (χ2v) is 5.48. The van der Waals surface area contributed by atoms with Gasteiger partial charge in [-0.2, -0.15) is 4.98 Å². The van der Waals surface area contributed by atoms with Gasteiger partial charge in [0.2, 0.25) is 5.28 Å². The molecule has 2 heterocycles. The van der Waals surface area contributed by atoms with E-state index in [1.807, 2.05) is 0 Å². The number of fused-ring (bicyclic) bond motifs is 1. The molecule has 2 rings (SSSR count). The maximum absolute atomic E-state index is 13.3. The van der Waals surface area contributed by atoms with Crippen molar-refractivity contribution in [1.82, 2.24) is 15.0 Å². The number of methoxy groups -OCH3 is 1. The van der Waals surface area contributed by atoms with Gasteiger partial charge in [0, 0.05) is 6.07 Å². The highest BCUT2D eigenvalue weighted by Gasteiger charge is 2.34. The Bertz CT molecular complexity index is 750. The number of aromatic nitrogens is 3. The highest BCUT2D eigenvalue weighted by atomic mass is 35.5. The Kier molecular flexibility index (Phi) is 5.10. The third-order valence-corrected chi connectivity index (χ3v) is 3.52. The first kappa shape index (κ1) is 17.1. The Morgan fingerprint density at radius 1 is 1.57 bits per heavy atom. The summed E-state index contributed by atoms with van der Waals surface area (Å²) in [6.45, 7) is 5.32. The number of pyridine rings is 1. The molecule has 2 aromatic heterocycles. The van der Waals surface area contributed by atoms with Crippen molar-refractivity contribution >= 4 is 34.4 Å². The van der Waals surface area contributed by atoms with Crippen LogP contribution >= 0.6 is 11.6 Å². The number of nitrogens with one attached hydrogen (secondary N) is 1. The van der Waals surface area contributed by atoms with E-state index in [-0.39, 0.29) is 16.6 Å². The minimum Gasteiger partial charge on any atom is -0.467 e. The quantitative estimate of drug-likeness (QED) is 0.495. The highest BCUT2D eigenvalue weighted by molar-refractivity contribution is 6.28. The van der Waals surface area contributed by atoms with E-state index in [0.717, 1.165) is 6.20 Å². The molecule has 1 atom stereocenters. The number of carbonyl (C=O) groups is 1. The van der Waals surface area contributed by atoms with Crippen LogP contribution in [0, 0.1) is 5.82 Å². The van der Waals surface area contributed by atoms with E-state index in [2.05, 4.69) is 26.8 Å². The van der Waals surface area contributed by atoms with Crippen molar-refractivity contribution in [2.75, 3.05) is 12.4 Å². The van der Waals surface area contributed by atoms with Crippen molar-refractivity contribution in [3.05, 3.63) is 36.0 Å². The smallest absolute Gasteiger partial charge is 0.331 e. The molecule has 0 saturated heterocycles. The van der Waals surface area contributed by atoms with Gasteiger partial charge in [-0.25, -0.2) is 19.2 Å². The molecule has 0 spiro atoms. The van der Waals surface area contributed by atoms with Gasteiger partial charge < -0.3 is 10.1 Å². The molecule has 0 aliphatic heterocycles. The Morgan fingerprint density at radius 2 is 2.30 bits per heavy atom. The summed E-state index contributed by atoms with van der Waals surface area (Å²) >= 11 is 5.88. The predicted molar refractivity (Wildman–Crippen MR) is 85.8 cm³/mol. The first-order valence-electron chi connectivity index (χ1n) is 6.86. The largest absolute Gasteiger partial charge is 0.467 e. The van der Waals surface area contributed by atoms with Gasteiger partial charge in [-0.15, -0.1) is 6.58 Å². The summed E-state index contributed by atoms with van der Waals surface area (Å²) in [6.07, 6.45) is 3.75. The summed E-state index contributed by atoms with van der Waals surface area (Å²) in [7, 11) is 1.30. The summed E-state index contributed by atoms with van der Waals surface area (Å²) in [6, 6.07) is 1.19. The fraction of sp³-hybridized carbons (Fsp3) is 0.333. The molecule has 0 amide bonds. The molecule has 23 heavy (non-hydrogen) atoms. The van der Waals surface area contributed by atoms with E-state index < -0.39 is 17.3 Å².